The summed E-state index contributed by atoms with van der Waals surface area (Å²) in [6.45, 7) is 6.53. The Morgan fingerprint density at radius 3 is 2.54 bits per heavy atom. The summed E-state index contributed by atoms with van der Waals surface area (Å²) in [6.07, 6.45) is 4.50. The van der Waals surface area contributed by atoms with Gasteiger partial charge in [-0.1, -0.05) is 20.3 Å². The summed E-state index contributed by atoms with van der Waals surface area (Å²) in [6, 6.07) is 0.350. The molecule has 1 fully saturated rings. The van der Waals surface area contributed by atoms with Gasteiger partial charge in [-0.2, -0.15) is 0 Å². The molecule has 1 rings (SSSR count). The summed E-state index contributed by atoms with van der Waals surface area (Å²) in [7, 11) is 0. The molecule has 0 aromatic carbocycles. The highest BCUT2D eigenvalue weighted by Gasteiger charge is 2.30. The maximum Gasteiger partial charge on any atom is 0.223 e. The van der Waals surface area contributed by atoms with E-state index in [0.717, 1.165) is 25.2 Å². The minimum Gasteiger partial charge on any atom is -0.353 e. The molecule has 0 heterocycles. The average molecular weight is 183 g/mol. The van der Waals surface area contributed by atoms with Crippen molar-refractivity contribution in [1.29, 1.82) is 0 Å². The zero-order valence-corrected chi connectivity index (χ0v) is 8.97. The molecule has 2 atom stereocenters. The summed E-state index contributed by atoms with van der Waals surface area (Å²) in [4.78, 5) is 11.4. The molecule has 1 amide bonds. The Morgan fingerprint density at radius 1 is 1.46 bits per heavy atom. The highest BCUT2D eigenvalue weighted by atomic mass is 16.2. The number of carbonyl (C=O) groups excluding carboxylic acids is 1. The number of amides is 1. The fourth-order valence-electron chi connectivity index (χ4n) is 1.54. The molecule has 2 unspecified atom stereocenters. The van der Waals surface area contributed by atoms with Crippen molar-refractivity contribution < 1.29 is 4.79 Å². The highest BCUT2D eigenvalue weighted by molar-refractivity contribution is 5.81. The van der Waals surface area contributed by atoms with Gasteiger partial charge in [-0.15, -0.1) is 0 Å². The van der Waals surface area contributed by atoms with Gasteiger partial charge in [0.1, 0.15) is 0 Å². The second kappa shape index (κ2) is 4.64. The zero-order valence-electron chi connectivity index (χ0n) is 8.97. The van der Waals surface area contributed by atoms with Crippen LogP contribution in [0.3, 0.4) is 0 Å². The molecule has 0 spiro atoms. The molecule has 0 aromatic heterocycles. The van der Waals surface area contributed by atoms with E-state index < -0.39 is 0 Å². The van der Waals surface area contributed by atoms with Gasteiger partial charge in [0.05, 0.1) is 0 Å². The first-order chi connectivity index (χ1) is 6.13. The van der Waals surface area contributed by atoms with E-state index in [1.165, 1.54) is 6.42 Å². The van der Waals surface area contributed by atoms with Crippen LogP contribution in [0.4, 0.5) is 0 Å². The number of hydrogen-bond acceptors (Lipinski definition) is 1. The first kappa shape index (κ1) is 10.6. The average Bonchev–Trinajstić information content (AvgIpc) is 2.85. The van der Waals surface area contributed by atoms with E-state index >= 15 is 0 Å². The molecular weight excluding hydrogens is 162 g/mol. The molecule has 2 nitrogen and oxygen atoms in total. The fraction of sp³-hybridized carbons (Fsp3) is 0.909. The summed E-state index contributed by atoms with van der Waals surface area (Å²) in [5.41, 5.74) is 0. The van der Waals surface area contributed by atoms with E-state index in [4.69, 9.17) is 0 Å². The van der Waals surface area contributed by atoms with Crippen LogP contribution in [-0.4, -0.2) is 11.9 Å². The van der Waals surface area contributed by atoms with Crippen molar-refractivity contribution in [1.82, 2.24) is 5.32 Å². The SMILES string of the molecule is CCC(C)CC(C)NC(=O)C1CC1. The van der Waals surface area contributed by atoms with E-state index in [1.54, 1.807) is 0 Å². The third-order valence-electron chi connectivity index (χ3n) is 2.79. The lowest BCUT2D eigenvalue weighted by atomic mass is 10.0. The Morgan fingerprint density at radius 2 is 2.08 bits per heavy atom. The summed E-state index contributed by atoms with van der Waals surface area (Å²) >= 11 is 0. The number of nitrogens with one attached hydrogen (secondary N) is 1. The Balaban J connectivity index is 2.15. The quantitative estimate of drug-likeness (QED) is 0.696. The second-order valence-corrected chi connectivity index (χ2v) is 4.43. The van der Waals surface area contributed by atoms with E-state index in [2.05, 4.69) is 26.1 Å². The number of rotatable bonds is 5. The van der Waals surface area contributed by atoms with Gasteiger partial charge in [-0.3, -0.25) is 4.79 Å². The molecular formula is C11H21NO. The Kier molecular flexibility index (Phi) is 3.76. The molecule has 1 aliphatic rings. The molecule has 76 valence electrons. The topological polar surface area (TPSA) is 29.1 Å². The molecule has 0 aliphatic heterocycles. The predicted molar refractivity (Wildman–Crippen MR) is 54.4 cm³/mol. The molecule has 1 saturated carbocycles. The predicted octanol–water partition coefficient (Wildman–Crippen LogP) is 2.34. The molecule has 0 aromatic rings. The lowest BCUT2D eigenvalue weighted by Gasteiger charge is -2.17. The van der Waals surface area contributed by atoms with Crippen molar-refractivity contribution in [3.63, 3.8) is 0 Å². The van der Waals surface area contributed by atoms with Crippen molar-refractivity contribution in [3.05, 3.63) is 0 Å². The molecule has 1 N–H and O–H groups in total. The molecule has 0 bridgehead atoms. The summed E-state index contributed by atoms with van der Waals surface area (Å²) < 4.78 is 0. The minimum absolute atomic E-state index is 0.274. The van der Waals surface area contributed by atoms with E-state index in [9.17, 15) is 4.79 Å². The molecule has 13 heavy (non-hydrogen) atoms. The zero-order chi connectivity index (χ0) is 9.84. The Labute approximate surface area is 81.1 Å². The van der Waals surface area contributed by atoms with Gasteiger partial charge in [0.25, 0.3) is 0 Å². The van der Waals surface area contributed by atoms with Crippen LogP contribution in [-0.2, 0) is 4.79 Å². The van der Waals surface area contributed by atoms with E-state index in [-0.39, 0.29) is 5.91 Å². The van der Waals surface area contributed by atoms with Crippen molar-refractivity contribution in [2.75, 3.05) is 0 Å². The van der Waals surface area contributed by atoms with Crippen molar-refractivity contribution >= 4 is 5.91 Å². The van der Waals surface area contributed by atoms with Gasteiger partial charge in [0.15, 0.2) is 0 Å². The number of hydrogen-bond donors (Lipinski definition) is 1. The molecule has 0 saturated heterocycles. The van der Waals surface area contributed by atoms with Crippen molar-refractivity contribution in [3.8, 4) is 0 Å². The largest absolute Gasteiger partial charge is 0.353 e. The van der Waals surface area contributed by atoms with Crippen LogP contribution in [0.1, 0.15) is 46.5 Å². The monoisotopic (exact) mass is 183 g/mol. The van der Waals surface area contributed by atoms with Crippen LogP contribution in [0.15, 0.2) is 0 Å². The normalized spacial score (nSPS) is 20.8. The van der Waals surface area contributed by atoms with Crippen LogP contribution < -0.4 is 5.32 Å². The smallest absolute Gasteiger partial charge is 0.223 e. The van der Waals surface area contributed by atoms with Crippen LogP contribution >= 0.6 is 0 Å². The molecule has 1 aliphatic carbocycles. The summed E-state index contributed by atoms with van der Waals surface area (Å²) in [5.74, 6) is 1.34. The third-order valence-corrected chi connectivity index (χ3v) is 2.79. The van der Waals surface area contributed by atoms with Crippen LogP contribution in [0.25, 0.3) is 0 Å². The maximum absolute atomic E-state index is 11.4. The Bertz CT molecular complexity index is 175. The third kappa shape index (κ3) is 3.79. The van der Waals surface area contributed by atoms with Gasteiger partial charge in [0, 0.05) is 12.0 Å². The maximum atomic E-state index is 11.4. The van der Waals surface area contributed by atoms with Gasteiger partial charge < -0.3 is 5.32 Å². The van der Waals surface area contributed by atoms with Gasteiger partial charge in [0.2, 0.25) is 5.91 Å². The lowest BCUT2D eigenvalue weighted by molar-refractivity contribution is -0.122. The van der Waals surface area contributed by atoms with Gasteiger partial charge in [-0.05, 0) is 32.1 Å². The molecule has 0 radical (unpaired) electrons. The van der Waals surface area contributed by atoms with Gasteiger partial charge >= 0.3 is 0 Å². The van der Waals surface area contributed by atoms with Crippen LogP contribution in [0.5, 0.6) is 0 Å². The first-order valence-electron chi connectivity index (χ1n) is 5.43. The first-order valence-corrected chi connectivity index (χ1v) is 5.43. The lowest BCUT2D eigenvalue weighted by Crippen LogP contribution is -2.34. The van der Waals surface area contributed by atoms with Gasteiger partial charge in [-0.25, -0.2) is 0 Å². The summed E-state index contributed by atoms with van der Waals surface area (Å²) in [5, 5.41) is 3.07. The fourth-order valence-corrected chi connectivity index (χ4v) is 1.54. The standard InChI is InChI=1S/C11H21NO/c1-4-8(2)7-9(3)12-11(13)10-5-6-10/h8-10H,4-7H2,1-3H3,(H,12,13). The Hall–Kier alpha value is -0.530. The van der Waals surface area contributed by atoms with Crippen molar-refractivity contribution in [2.45, 2.75) is 52.5 Å². The minimum atomic E-state index is 0.274. The molecule has 2 heteroatoms. The van der Waals surface area contributed by atoms with E-state index in [1.807, 2.05) is 0 Å². The second-order valence-electron chi connectivity index (χ2n) is 4.43. The highest BCUT2D eigenvalue weighted by Crippen LogP contribution is 2.29. The van der Waals surface area contributed by atoms with E-state index in [0.29, 0.717) is 12.0 Å². The van der Waals surface area contributed by atoms with Crippen LogP contribution in [0, 0.1) is 11.8 Å². The van der Waals surface area contributed by atoms with Crippen molar-refractivity contribution in [2.24, 2.45) is 11.8 Å². The van der Waals surface area contributed by atoms with Crippen LogP contribution in [0.2, 0.25) is 0 Å². The number of carbonyl (C=O) groups is 1.